The second-order valence-corrected chi connectivity index (χ2v) is 9.05. The molecule has 9 heteroatoms. The van der Waals surface area contributed by atoms with Crippen molar-refractivity contribution in [1.29, 1.82) is 0 Å². The first kappa shape index (κ1) is 21.6. The molecule has 0 unspecified atom stereocenters. The lowest BCUT2D eigenvalue weighted by Gasteiger charge is -2.11. The molecule has 5 rings (SSSR count). The van der Waals surface area contributed by atoms with E-state index in [4.69, 9.17) is 16.3 Å². The summed E-state index contributed by atoms with van der Waals surface area (Å²) in [7, 11) is 1.62. The second kappa shape index (κ2) is 9.33. The number of amides is 1. The van der Waals surface area contributed by atoms with Gasteiger partial charge in [-0.3, -0.25) is 4.79 Å². The smallest absolute Gasteiger partial charge is 0.275 e. The van der Waals surface area contributed by atoms with Crippen molar-refractivity contribution >= 4 is 34.5 Å². The highest BCUT2D eigenvalue weighted by Crippen LogP contribution is 2.33. The molecule has 3 heterocycles. The Morgan fingerprint density at radius 2 is 2.00 bits per heavy atom. The molecule has 1 aliphatic rings. The van der Waals surface area contributed by atoms with E-state index in [9.17, 15) is 4.79 Å². The van der Waals surface area contributed by atoms with E-state index in [0.29, 0.717) is 22.2 Å². The van der Waals surface area contributed by atoms with Crippen molar-refractivity contribution in [3.63, 3.8) is 0 Å². The Morgan fingerprint density at radius 1 is 1.12 bits per heavy atom. The number of halogens is 1. The van der Waals surface area contributed by atoms with E-state index in [1.54, 1.807) is 24.6 Å². The van der Waals surface area contributed by atoms with Crippen LogP contribution in [0.1, 0.15) is 35.6 Å². The lowest BCUT2D eigenvalue weighted by Crippen LogP contribution is -2.12. The standard InChI is InChI=1S/C24H22ClN5O2S/c1-32-20-8-5-4-7-16(20)24-27-19(14-33-24)23(31)26-15-10-11-18(25)17(13-15)22-29-28-21-9-3-2-6-12-30(21)22/h4-5,7-8,10-11,13-14H,2-3,6,9,12H2,1H3,(H,26,31). The van der Waals surface area contributed by atoms with Gasteiger partial charge in [-0.2, -0.15) is 0 Å². The minimum Gasteiger partial charge on any atom is -0.496 e. The molecule has 2 aromatic carbocycles. The van der Waals surface area contributed by atoms with Gasteiger partial charge in [0.05, 0.1) is 17.7 Å². The van der Waals surface area contributed by atoms with Crippen LogP contribution in [0.25, 0.3) is 22.0 Å². The highest BCUT2D eigenvalue weighted by atomic mass is 35.5. The maximum absolute atomic E-state index is 12.9. The fourth-order valence-corrected chi connectivity index (χ4v) is 5.01. The van der Waals surface area contributed by atoms with E-state index < -0.39 is 0 Å². The summed E-state index contributed by atoms with van der Waals surface area (Å²) in [4.78, 5) is 17.4. The lowest BCUT2D eigenvalue weighted by atomic mass is 10.1. The van der Waals surface area contributed by atoms with Crippen LogP contribution in [0.15, 0.2) is 47.8 Å². The van der Waals surface area contributed by atoms with Crippen molar-refractivity contribution in [2.45, 2.75) is 32.2 Å². The van der Waals surface area contributed by atoms with Gasteiger partial charge in [0.2, 0.25) is 0 Å². The Labute approximate surface area is 200 Å². The fraction of sp³-hybridized carbons (Fsp3) is 0.250. The van der Waals surface area contributed by atoms with E-state index >= 15 is 0 Å². The summed E-state index contributed by atoms with van der Waals surface area (Å²) in [6, 6.07) is 13.0. The molecule has 0 atom stereocenters. The van der Waals surface area contributed by atoms with Crippen molar-refractivity contribution in [1.82, 2.24) is 19.7 Å². The maximum Gasteiger partial charge on any atom is 0.275 e. The number of aryl methyl sites for hydroxylation is 1. The van der Waals surface area contributed by atoms with Gasteiger partial charge in [-0.1, -0.05) is 30.2 Å². The van der Waals surface area contributed by atoms with Crippen LogP contribution in [0.4, 0.5) is 5.69 Å². The Hall–Kier alpha value is -3.23. The first-order valence-electron chi connectivity index (χ1n) is 10.8. The second-order valence-electron chi connectivity index (χ2n) is 7.79. The van der Waals surface area contributed by atoms with E-state index in [0.717, 1.165) is 53.6 Å². The van der Waals surface area contributed by atoms with Crippen LogP contribution in [-0.2, 0) is 13.0 Å². The predicted molar refractivity (Wildman–Crippen MR) is 130 cm³/mol. The van der Waals surface area contributed by atoms with Gasteiger partial charge in [-0.25, -0.2) is 4.98 Å². The zero-order valence-electron chi connectivity index (χ0n) is 18.0. The number of nitrogens with one attached hydrogen (secondary N) is 1. The summed E-state index contributed by atoms with van der Waals surface area (Å²) in [5.74, 6) is 2.15. The molecule has 168 valence electrons. The van der Waals surface area contributed by atoms with Gasteiger partial charge in [0.25, 0.3) is 5.91 Å². The first-order chi connectivity index (χ1) is 16.1. The van der Waals surface area contributed by atoms with Crippen LogP contribution in [-0.4, -0.2) is 32.8 Å². The van der Waals surface area contributed by atoms with Gasteiger partial charge in [0.1, 0.15) is 22.3 Å². The molecule has 0 radical (unpaired) electrons. The SMILES string of the molecule is COc1ccccc1-c1nc(C(=O)Nc2ccc(Cl)c(-c3nnc4n3CCCCC4)c2)cs1. The Morgan fingerprint density at radius 3 is 2.88 bits per heavy atom. The van der Waals surface area contributed by atoms with Crippen molar-refractivity contribution in [3.05, 3.63) is 64.4 Å². The summed E-state index contributed by atoms with van der Waals surface area (Å²) >= 11 is 7.91. The van der Waals surface area contributed by atoms with Gasteiger partial charge in [-0.05, 0) is 43.2 Å². The third-order valence-electron chi connectivity index (χ3n) is 5.65. The van der Waals surface area contributed by atoms with Gasteiger partial charge in [-0.15, -0.1) is 21.5 Å². The maximum atomic E-state index is 12.9. The zero-order valence-corrected chi connectivity index (χ0v) is 19.6. The number of hydrogen-bond acceptors (Lipinski definition) is 6. The number of fused-ring (bicyclic) bond motifs is 1. The fourth-order valence-electron chi connectivity index (χ4n) is 3.98. The topological polar surface area (TPSA) is 81.9 Å². The Kier molecular flexibility index (Phi) is 6.11. The number of thiazole rings is 1. The number of ether oxygens (including phenoxy) is 1. The van der Waals surface area contributed by atoms with Crippen molar-refractivity contribution in [2.75, 3.05) is 12.4 Å². The van der Waals surface area contributed by atoms with Gasteiger partial charge >= 0.3 is 0 Å². The molecular formula is C24H22ClN5O2S. The Balaban J connectivity index is 1.39. The first-order valence-corrected chi connectivity index (χ1v) is 12.0. The number of carbonyl (C=O) groups excluding carboxylic acids is 1. The van der Waals surface area contributed by atoms with E-state index in [1.807, 2.05) is 30.3 Å². The molecule has 0 saturated carbocycles. The molecule has 0 fully saturated rings. The molecule has 1 N–H and O–H groups in total. The normalized spacial score (nSPS) is 13.3. The van der Waals surface area contributed by atoms with Gasteiger partial charge < -0.3 is 14.6 Å². The van der Waals surface area contributed by atoms with Gasteiger partial charge in [0, 0.05) is 29.6 Å². The monoisotopic (exact) mass is 479 g/mol. The summed E-state index contributed by atoms with van der Waals surface area (Å²) in [5.41, 5.74) is 2.57. The van der Waals surface area contributed by atoms with Gasteiger partial charge in [0.15, 0.2) is 5.82 Å². The number of hydrogen-bond donors (Lipinski definition) is 1. The third-order valence-corrected chi connectivity index (χ3v) is 6.85. The van der Waals surface area contributed by atoms with Crippen molar-refractivity contribution < 1.29 is 9.53 Å². The Bertz CT molecular complexity index is 1320. The molecule has 4 aromatic rings. The lowest BCUT2D eigenvalue weighted by molar-refractivity contribution is 0.102. The molecule has 0 spiro atoms. The molecule has 0 aliphatic carbocycles. The van der Waals surface area contributed by atoms with E-state index in [1.165, 1.54) is 17.8 Å². The summed E-state index contributed by atoms with van der Waals surface area (Å²) in [6.45, 7) is 0.870. The quantitative estimate of drug-likeness (QED) is 0.396. The molecule has 1 amide bonds. The molecular weight excluding hydrogens is 458 g/mol. The molecule has 33 heavy (non-hydrogen) atoms. The number of rotatable bonds is 5. The summed E-state index contributed by atoms with van der Waals surface area (Å²) in [5, 5.41) is 14.7. The molecule has 7 nitrogen and oxygen atoms in total. The highest BCUT2D eigenvalue weighted by Gasteiger charge is 2.19. The molecule has 0 bridgehead atoms. The zero-order chi connectivity index (χ0) is 22.8. The molecule has 0 saturated heterocycles. The minimum absolute atomic E-state index is 0.291. The van der Waals surface area contributed by atoms with E-state index in [2.05, 4.69) is 25.1 Å². The molecule has 2 aromatic heterocycles. The van der Waals surface area contributed by atoms with Crippen LogP contribution in [0, 0.1) is 0 Å². The van der Waals surface area contributed by atoms with E-state index in [-0.39, 0.29) is 5.91 Å². The van der Waals surface area contributed by atoms with Crippen LogP contribution < -0.4 is 10.1 Å². The van der Waals surface area contributed by atoms with Crippen LogP contribution in [0.3, 0.4) is 0 Å². The number of para-hydroxylation sites is 1. The van der Waals surface area contributed by atoms with Crippen molar-refractivity contribution in [2.24, 2.45) is 0 Å². The number of benzene rings is 2. The third kappa shape index (κ3) is 4.36. The minimum atomic E-state index is -0.291. The largest absolute Gasteiger partial charge is 0.496 e. The van der Waals surface area contributed by atoms with Crippen LogP contribution >= 0.6 is 22.9 Å². The number of anilines is 1. The average molecular weight is 480 g/mol. The average Bonchev–Trinajstić information content (AvgIpc) is 3.42. The van der Waals surface area contributed by atoms with Crippen LogP contribution in [0.5, 0.6) is 5.75 Å². The predicted octanol–water partition coefficient (Wildman–Crippen LogP) is 5.71. The summed E-state index contributed by atoms with van der Waals surface area (Å²) < 4.78 is 7.55. The number of aromatic nitrogens is 4. The van der Waals surface area contributed by atoms with Crippen molar-refractivity contribution in [3.8, 4) is 27.7 Å². The molecule has 1 aliphatic heterocycles. The highest BCUT2D eigenvalue weighted by molar-refractivity contribution is 7.13. The summed E-state index contributed by atoms with van der Waals surface area (Å²) in [6.07, 6.45) is 4.30. The number of methoxy groups -OCH3 is 1. The van der Waals surface area contributed by atoms with Crippen LogP contribution in [0.2, 0.25) is 5.02 Å². The number of nitrogens with zero attached hydrogens (tertiary/aromatic N) is 4. The number of carbonyl (C=O) groups is 1.